The second-order valence-electron chi connectivity index (χ2n) is 4.78. The number of carbonyl (C=O) groups excluding carboxylic acids is 1. The molecule has 1 aliphatic carbocycles. The van der Waals surface area contributed by atoms with Crippen LogP contribution in [0.15, 0.2) is 0 Å². The van der Waals surface area contributed by atoms with Gasteiger partial charge in [0.25, 0.3) is 0 Å². The second kappa shape index (κ2) is 3.89. The molecular formula is C11H20N2O. The molecule has 0 atom stereocenters. The third kappa shape index (κ3) is 1.78. The van der Waals surface area contributed by atoms with E-state index in [1.54, 1.807) is 0 Å². The first kappa shape index (κ1) is 9.97. The fraction of sp³-hybridized carbons (Fsp3) is 0.909. The van der Waals surface area contributed by atoms with Gasteiger partial charge >= 0.3 is 0 Å². The SMILES string of the molecule is CC1(N2CCNCC2=O)CCCCC1. The number of rotatable bonds is 1. The van der Waals surface area contributed by atoms with Gasteiger partial charge in [0.05, 0.1) is 6.54 Å². The summed E-state index contributed by atoms with van der Waals surface area (Å²) in [6.45, 7) is 4.65. The highest BCUT2D eigenvalue weighted by Gasteiger charge is 2.36. The number of hydrogen-bond donors (Lipinski definition) is 1. The molecule has 1 aliphatic heterocycles. The van der Waals surface area contributed by atoms with E-state index in [9.17, 15) is 4.79 Å². The summed E-state index contributed by atoms with van der Waals surface area (Å²) in [5.41, 5.74) is 0.164. The summed E-state index contributed by atoms with van der Waals surface area (Å²) >= 11 is 0. The Morgan fingerprint density at radius 1 is 1.29 bits per heavy atom. The van der Waals surface area contributed by atoms with Crippen molar-refractivity contribution in [2.24, 2.45) is 0 Å². The van der Waals surface area contributed by atoms with Gasteiger partial charge in [-0.15, -0.1) is 0 Å². The maximum atomic E-state index is 11.8. The lowest BCUT2D eigenvalue weighted by atomic mass is 9.81. The lowest BCUT2D eigenvalue weighted by molar-refractivity contribution is -0.139. The Balaban J connectivity index is 2.06. The average Bonchev–Trinajstić information content (AvgIpc) is 2.19. The Morgan fingerprint density at radius 2 is 2.00 bits per heavy atom. The topological polar surface area (TPSA) is 32.3 Å². The highest BCUT2D eigenvalue weighted by molar-refractivity contribution is 5.79. The van der Waals surface area contributed by atoms with Crippen molar-refractivity contribution < 1.29 is 4.79 Å². The highest BCUT2D eigenvalue weighted by Crippen LogP contribution is 2.33. The molecule has 0 unspecified atom stereocenters. The van der Waals surface area contributed by atoms with Gasteiger partial charge in [-0.1, -0.05) is 19.3 Å². The van der Waals surface area contributed by atoms with E-state index >= 15 is 0 Å². The maximum absolute atomic E-state index is 11.8. The van der Waals surface area contributed by atoms with Crippen LogP contribution in [0.25, 0.3) is 0 Å². The smallest absolute Gasteiger partial charge is 0.237 e. The number of piperazine rings is 1. The van der Waals surface area contributed by atoms with Gasteiger partial charge < -0.3 is 10.2 Å². The standard InChI is InChI=1S/C11H20N2O/c1-11(5-3-2-4-6-11)13-8-7-12-9-10(13)14/h12H,2-9H2,1H3. The molecule has 0 aromatic rings. The van der Waals surface area contributed by atoms with E-state index in [2.05, 4.69) is 17.1 Å². The van der Waals surface area contributed by atoms with Gasteiger partial charge in [0.1, 0.15) is 0 Å². The summed E-state index contributed by atoms with van der Waals surface area (Å²) in [5.74, 6) is 0.292. The minimum absolute atomic E-state index is 0.164. The molecular weight excluding hydrogens is 176 g/mol. The largest absolute Gasteiger partial charge is 0.335 e. The lowest BCUT2D eigenvalue weighted by Gasteiger charge is -2.46. The van der Waals surface area contributed by atoms with Crippen molar-refractivity contribution in [2.45, 2.75) is 44.6 Å². The van der Waals surface area contributed by atoms with Crippen molar-refractivity contribution in [3.05, 3.63) is 0 Å². The Kier molecular flexibility index (Phi) is 2.77. The van der Waals surface area contributed by atoms with E-state index in [0.29, 0.717) is 12.5 Å². The van der Waals surface area contributed by atoms with Crippen LogP contribution < -0.4 is 5.32 Å². The molecule has 0 bridgehead atoms. The first-order valence-corrected chi connectivity index (χ1v) is 5.74. The van der Waals surface area contributed by atoms with Crippen molar-refractivity contribution in [1.82, 2.24) is 10.2 Å². The van der Waals surface area contributed by atoms with E-state index in [0.717, 1.165) is 13.1 Å². The zero-order chi connectivity index (χ0) is 10.0. The minimum atomic E-state index is 0.164. The highest BCUT2D eigenvalue weighted by atomic mass is 16.2. The van der Waals surface area contributed by atoms with Gasteiger partial charge in [-0.25, -0.2) is 0 Å². The number of carbonyl (C=O) groups is 1. The normalized spacial score (nSPS) is 27.8. The summed E-state index contributed by atoms with van der Waals surface area (Å²) in [4.78, 5) is 13.9. The summed E-state index contributed by atoms with van der Waals surface area (Å²) in [7, 11) is 0. The van der Waals surface area contributed by atoms with Gasteiger partial charge in [0.15, 0.2) is 0 Å². The van der Waals surface area contributed by atoms with E-state index in [1.807, 2.05) is 0 Å². The van der Waals surface area contributed by atoms with Crippen LogP contribution in [0.3, 0.4) is 0 Å². The lowest BCUT2D eigenvalue weighted by Crippen LogP contribution is -2.58. The van der Waals surface area contributed by atoms with E-state index in [-0.39, 0.29) is 5.54 Å². The molecule has 2 rings (SSSR count). The minimum Gasteiger partial charge on any atom is -0.335 e. The van der Waals surface area contributed by atoms with Gasteiger partial charge in [-0.2, -0.15) is 0 Å². The molecule has 1 N–H and O–H groups in total. The Hall–Kier alpha value is -0.570. The molecule has 1 saturated heterocycles. The molecule has 1 saturated carbocycles. The van der Waals surface area contributed by atoms with Crippen LogP contribution in [0.4, 0.5) is 0 Å². The van der Waals surface area contributed by atoms with Gasteiger partial charge in [0.2, 0.25) is 5.91 Å². The molecule has 1 amide bonds. The molecule has 2 fully saturated rings. The fourth-order valence-corrected chi connectivity index (χ4v) is 2.76. The second-order valence-corrected chi connectivity index (χ2v) is 4.78. The Morgan fingerprint density at radius 3 is 2.64 bits per heavy atom. The molecule has 2 aliphatic rings. The van der Waals surface area contributed by atoms with Crippen LogP contribution in [0.1, 0.15) is 39.0 Å². The van der Waals surface area contributed by atoms with Crippen LogP contribution in [-0.2, 0) is 4.79 Å². The maximum Gasteiger partial charge on any atom is 0.237 e. The number of hydrogen-bond acceptors (Lipinski definition) is 2. The van der Waals surface area contributed by atoms with Gasteiger partial charge in [-0.05, 0) is 19.8 Å². The number of nitrogens with zero attached hydrogens (tertiary/aromatic N) is 1. The predicted octanol–water partition coefficient (Wildman–Crippen LogP) is 1.14. The molecule has 0 aromatic heterocycles. The van der Waals surface area contributed by atoms with Crippen LogP contribution in [0.5, 0.6) is 0 Å². The summed E-state index contributed by atoms with van der Waals surface area (Å²) < 4.78 is 0. The van der Waals surface area contributed by atoms with Crippen molar-refractivity contribution in [1.29, 1.82) is 0 Å². The quantitative estimate of drug-likeness (QED) is 0.682. The number of amides is 1. The molecule has 0 spiro atoms. The van der Waals surface area contributed by atoms with Gasteiger partial charge in [0, 0.05) is 18.6 Å². The zero-order valence-corrected chi connectivity index (χ0v) is 9.01. The third-order valence-electron chi connectivity index (χ3n) is 3.67. The van der Waals surface area contributed by atoms with Crippen LogP contribution in [0.2, 0.25) is 0 Å². The average molecular weight is 196 g/mol. The van der Waals surface area contributed by atoms with Crippen molar-refractivity contribution >= 4 is 5.91 Å². The molecule has 1 heterocycles. The summed E-state index contributed by atoms with van der Waals surface area (Å²) in [6.07, 6.45) is 6.30. The fourth-order valence-electron chi connectivity index (χ4n) is 2.76. The Bertz CT molecular complexity index is 221. The number of nitrogens with one attached hydrogen (secondary N) is 1. The van der Waals surface area contributed by atoms with E-state index in [1.165, 1.54) is 32.1 Å². The van der Waals surface area contributed by atoms with Crippen molar-refractivity contribution in [2.75, 3.05) is 19.6 Å². The summed E-state index contributed by atoms with van der Waals surface area (Å²) in [6, 6.07) is 0. The predicted molar refractivity (Wildman–Crippen MR) is 56.1 cm³/mol. The van der Waals surface area contributed by atoms with Crippen LogP contribution in [0, 0.1) is 0 Å². The summed E-state index contributed by atoms with van der Waals surface area (Å²) in [5, 5.41) is 3.13. The molecule has 80 valence electrons. The molecule has 0 radical (unpaired) electrons. The molecule has 3 nitrogen and oxygen atoms in total. The van der Waals surface area contributed by atoms with Crippen molar-refractivity contribution in [3.63, 3.8) is 0 Å². The third-order valence-corrected chi connectivity index (χ3v) is 3.67. The first-order chi connectivity index (χ1) is 6.72. The zero-order valence-electron chi connectivity index (χ0n) is 9.01. The first-order valence-electron chi connectivity index (χ1n) is 5.74. The molecule has 14 heavy (non-hydrogen) atoms. The van der Waals surface area contributed by atoms with Gasteiger partial charge in [-0.3, -0.25) is 4.79 Å². The monoisotopic (exact) mass is 196 g/mol. The van der Waals surface area contributed by atoms with E-state index < -0.39 is 0 Å². The van der Waals surface area contributed by atoms with E-state index in [4.69, 9.17) is 0 Å². The molecule has 0 aromatic carbocycles. The molecule has 3 heteroatoms. The van der Waals surface area contributed by atoms with Crippen LogP contribution in [-0.4, -0.2) is 36.0 Å². The Labute approximate surface area is 85.8 Å². The van der Waals surface area contributed by atoms with Crippen LogP contribution >= 0.6 is 0 Å². The van der Waals surface area contributed by atoms with Crippen molar-refractivity contribution in [3.8, 4) is 0 Å².